The van der Waals surface area contributed by atoms with Gasteiger partial charge in [-0.3, -0.25) is 0 Å². The van der Waals surface area contributed by atoms with E-state index in [-0.39, 0.29) is 0 Å². The van der Waals surface area contributed by atoms with Crippen LogP contribution >= 0.6 is 15.9 Å². The Hall–Kier alpha value is -1.28. The number of unbranched alkanes of at least 4 members (excludes halogenated alkanes) is 1. The highest BCUT2D eigenvalue weighted by atomic mass is 79.9. The van der Waals surface area contributed by atoms with E-state index in [1.165, 1.54) is 34.1 Å². The summed E-state index contributed by atoms with van der Waals surface area (Å²) in [5.41, 5.74) is 3.90. The minimum Gasteiger partial charge on any atom is -0.384 e. The number of hydrogen-bond acceptors (Lipinski definition) is 1. The zero-order valence-electron chi connectivity index (χ0n) is 11.3. The highest BCUT2D eigenvalue weighted by Gasteiger charge is 2.00. The summed E-state index contributed by atoms with van der Waals surface area (Å²) in [4.78, 5) is 0. The van der Waals surface area contributed by atoms with Crippen molar-refractivity contribution in [3.05, 3.63) is 64.1 Å². The van der Waals surface area contributed by atoms with Gasteiger partial charge >= 0.3 is 0 Å². The molecule has 1 nitrogen and oxygen atoms in total. The summed E-state index contributed by atoms with van der Waals surface area (Å²) in [6.45, 7) is 3.14. The van der Waals surface area contributed by atoms with E-state index < -0.39 is 0 Å². The zero-order valence-corrected chi connectivity index (χ0v) is 12.9. The average molecular weight is 318 g/mol. The van der Waals surface area contributed by atoms with Gasteiger partial charge in [-0.15, -0.1) is 0 Å². The van der Waals surface area contributed by atoms with Gasteiger partial charge in [0.1, 0.15) is 0 Å². The topological polar surface area (TPSA) is 12.0 Å². The Balaban J connectivity index is 1.71. The fraction of sp³-hybridized carbons (Fsp3) is 0.294. The molecule has 2 rings (SSSR count). The van der Waals surface area contributed by atoms with Gasteiger partial charge in [0.05, 0.1) is 0 Å². The predicted molar refractivity (Wildman–Crippen MR) is 86.7 cm³/mol. The highest BCUT2D eigenvalue weighted by Crippen LogP contribution is 2.25. The lowest BCUT2D eigenvalue weighted by atomic mass is 10.1. The van der Waals surface area contributed by atoms with Crippen molar-refractivity contribution >= 4 is 21.6 Å². The normalized spacial score (nSPS) is 10.4. The maximum Gasteiger partial charge on any atom is 0.0487 e. The van der Waals surface area contributed by atoms with Gasteiger partial charge in [-0.05, 0) is 59.3 Å². The molecule has 0 saturated carbocycles. The second-order valence-electron chi connectivity index (χ2n) is 4.81. The van der Waals surface area contributed by atoms with E-state index in [1.54, 1.807) is 0 Å². The van der Waals surface area contributed by atoms with E-state index in [0.29, 0.717) is 0 Å². The lowest BCUT2D eigenvalue weighted by Gasteiger charge is -2.10. The summed E-state index contributed by atoms with van der Waals surface area (Å²) in [6, 6.07) is 17.0. The molecule has 2 heteroatoms. The fourth-order valence-electron chi connectivity index (χ4n) is 2.11. The number of rotatable bonds is 6. The SMILES string of the molecule is Cc1cccc(NCCCCc2ccccc2)c1Br. The first-order chi connectivity index (χ1) is 9.27. The van der Waals surface area contributed by atoms with Crippen molar-refractivity contribution in [3.8, 4) is 0 Å². The summed E-state index contributed by atoms with van der Waals surface area (Å²) in [7, 11) is 0. The number of benzene rings is 2. The van der Waals surface area contributed by atoms with Crippen molar-refractivity contribution in [2.45, 2.75) is 26.2 Å². The second-order valence-corrected chi connectivity index (χ2v) is 5.60. The molecule has 0 bridgehead atoms. The van der Waals surface area contributed by atoms with Gasteiger partial charge in [-0.2, -0.15) is 0 Å². The molecule has 0 unspecified atom stereocenters. The van der Waals surface area contributed by atoms with Crippen molar-refractivity contribution in [1.29, 1.82) is 0 Å². The molecule has 0 radical (unpaired) electrons. The molecule has 0 aromatic heterocycles. The molecule has 2 aromatic carbocycles. The van der Waals surface area contributed by atoms with Crippen LogP contribution in [0.4, 0.5) is 5.69 Å². The molecule has 0 aliphatic rings. The van der Waals surface area contributed by atoms with Crippen LogP contribution in [-0.4, -0.2) is 6.54 Å². The second kappa shape index (κ2) is 7.34. The largest absolute Gasteiger partial charge is 0.384 e. The van der Waals surface area contributed by atoms with Gasteiger partial charge in [0.25, 0.3) is 0 Å². The summed E-state index contributed by atoms with van der Waals surface area (Å²) >= 11 is 3.62. The summed E-state index contributed by atoms with van der Waals surface area (Å²) in [5.74, 6) is 0. The Morgan fingerprint density at radius 1 is 0.947 bits per heavy atom. The monoisotopic (exact) mass is 317 g/mol. The number of nitrogens with one attached hydrogen (secondary N) is 1. The molecule has 2 aromatic rings. The van der Waals surface area contributed by atoms with E-state index >= 15 is 0 Å². The smallest absolute Gasteiger partial charge is 0.0487 e. The number of hydrogen-bond donors (Lipinski definition) is 1. The molecule has 1 N–H and O–H groups in total. The van der Waals surface area contributed by atoms with Crippen LogP contribution in [-0.2, 0) is 6.42 Å². The van der Waals surface area contributed by atoms with E-state index in [2.05, 4.69) is 76.7 Å². The van der Waals surface area contributed by atoms with Crippen molar-refractivity contribution in [2.24, 2.45) is 0 Å². The third-order valence-corrected chi connectivity index (χ3v) is 4.29. The molecule has 0 spiro atoms. The Bertz CT molecular complexity index is 508. The number of halogens is 1. The van der Waals surface area contributed by atoms with Crippen LogP contribution in [0.2, 0.25) is 0 Å². The van der Waals surface area contributed by atoms with Gasteiger partial charge in [0, 0.05) is 16.7 Å². The molecule has 19 heavy (non-hydrogen) atoms. The molecule has 0 aliphatic heterocycles. The Kier molecular flexibility index (Phi) is 5.46. The summed E-state index contributed by atoms with van der Waals surface area (Å²) < 4.78 is 1.18. The van der Waals surface area contributed by atoms with Crippen LogP contribution in [0.15, 0.2) is 53.0 Å². The van der Waals surface area contributed by atoms with Crippen LogP contribution in [0.1, 0.15) is 24.0 Å². The Labute approximate surface area is 124 Å². The first-order valence-electron chi connectivity index (χ1n) is 6.80. The van der Waals surface area contributed by atoms with Gasteiger partial charge in [-0.25, -0.2) is 0 Å². The summed E-state index contributed by atoms with van der Waals surface area (Å²) in [5, 5.41) is 3.49. The first kappa shape index (κ1) is 14.1. The van der Waals surface area contributed by atoms with Crippen LogP contribution in [0, 0.1) is 6.92 Å². The number of anilines is 1. The molecular formula is C17H20BrN. The minimum atomic E-state index is 1.02. The van der Waals surface area contributed by atoms with Crippen LogP contribution in [0.3, 0.4) is 0 Å². The van der Waals surface area contributed by atoms with Gasteiger partial charge in [0.2, 0.25) is 0 Å². The van der Waals surface area contributed by atoms with Gasteiger partial charge in [-0.1, -0.05) is 42.5 Å². The van der Waals surface area contributed by atoms with Crippen molar-refractivity contribution in [2.75, 3.05) is 11.9 Å². The number of aryl methyl sites for hydroxylation is 2. The molecule has 0 atom stereocenters. The maximum atomic E-state index is 3.62. The third-order valence-electron chi connectivity index (χ3n) is 3.24. The molecule has 0 saturated heterocycles. The van der Waals surface area contributed by atoms with E-state index in [4.69, 9.17) is 0 Å². The standard InChI is InChI=1S/C17H20BrN/c1-14-8-7-12-16(17(14)18)19-13-6-5-11-15-9-3-2-4-10-15/h2-4,7-10,12,19H,5-6,11,13H2,1H3. The Morgan fingerprint density at radius 2 is 1.74 bits per heavy atom. The first-order valence-corrected chi connectivity index (χ1v) is 7.59. The van der Waals surface area contributed by atoms with Crippen molar-refractivity contribution in [1.82, 2.24) is 0 Å². The highest BCUT2D eigenvalue weighted by molar-refractivity contribution is 9.10. The molecule has 100 valence electrons. The Morgan fingerprint density at radius 3 is 2.53 bits per heavy atom. The van der Waals surface area contributed by atoms with Gasteiger partial charge in [0.15, 0.2) is 0 Å². The van der Waals surface area contributed by atoms with Crippen LogP contribution in [0.25, 0.3) is 0 Å². The minimum absolute atomic E-state index is 1.02. The van der Waals surface area contributed by atoms with Gasteiger partial charge < -0.3 is 5.32 Å². The van der Waals surface area contributed by atoms with Crippen molar-refractivity contribution in [3.63, 3.8) is 0 Å². The third kappa shape index (κ3) is 4.39. The average Bonchev–Trinajstić information content (AvgIpc) is 2.44. The lowest BCUT2D eigenvalue weighted by Crippen LogP contribution is -2.03. The van der Waals surface area contributed by atoms with Crippen LogP contribution in [0.5, 0.6) is 0 Å². The predicted octanol–water partition coefficient (Wildman–Crippen LogP) is 5.19. The molecule has 0 aliphatic carbocycles. The summed E-state index contributed by atoms with van der Waals surface area (Å²) in [6.07, 6.45) is 3.58. The zero-order chi connectivity index (χ0) is 13.5. The van der Waals surface area contributed by atoms with Crippen molar-refractivity contribution < 1.29 is 0 Å². The van der Waals surface area contributed by atoms with Crippen LogP contribution < -0.4 is 5.32 Å². The molecule has 0 amide bonds. The van der Waals surface area contributed by atoms with E-state index in [9.17, 15) is 0 Å². The fourth-order valence-corrected chi connectivity index (χ4v) is 2.51. The molecule has 0 heterocycles. The maximum absolute atomic E-state index is 3.62. The quantitative estimate of drug-likeness (QED) is 0.723. The lowest BCUT2D eigenvalue weighted by molar-refractivity contribution is 0.763. The molecular weight excluding hydrogens is 298 g/mol. The molecule has 0 fully saturated rings. The van der Waals surface area contributed by atoms with E-state index in [1.807, 2.05) is 0 Å². The van der Waals surface area contributed by atoms with E-state index in [0.717, 1.165) is 13.0 Å².